The molecular weight excluding hydrogens is 570 g/mol. The number of nitrogens with zero attached hydrogens (tertiary/aromatic N) is 3. The molecule has 0 aromatic rings. The topological polar surface area (TPSA) is 111 Å². The number of nitrogens with one attached hydrogen (secondary N) is 2. The van der Waals surface area contributed by atoms with Crippen molar-refractivity contribution in [2.45, 2.75) is 132 Å². The lowest BCUT2D eigenvalue weighted by Gasteiger charge is -2.30. The van der Waals surface area contributed by atoms with Crippen LogP contribution < -0.4 is 10.6 Å². The fourth-order valence-corrected chi connectivity index (χ4v) is 5.16. The van der Waals surface area contributed by atoms with Gasteiger partial charge in [-0.15, -0.1) is 0 Å². The van der Waals surface area contributed by atoms with Gasteiger partial charge < -0.3 is 30.1 Å². The molecule has 2 N–H and O–H groups in total. The van der Waals surface area contributed by atoms with Gasteiger partial charge in [-0.2, -0.15) is 0 Å². The Morgan fingerprint density at radius 1 is 0.933 bits per heavy atom. The molecule has 2 fully saturated rings. The Morgan fingerprint density at radius 2 is 1.53 bits per heavy atom. The standard InChI is InChI=1S/C23H40N4O5.C8H17N.C4H10/c1-16(2)20(26(6)21(29)14-24-15-28)13-18(5)23(31)27-11-7-9-19(27)22(30)25-10-8-12-32-17(3)4;1-8(2)9-6-4-3-5-7-9;1-4(2)3/h13,15-17,19-20H,7-12,14H2,1-6H3,(H,24,28)(H,25,30);8H,3-7H2,1-2H3;4H,1-3H3/b18-13+;;/t19-,20+;;/m0../s1. The summed E-state index contributed by atoms with van der Waals surface area (Å²) in [5.41, 5.74) is 0.497. The summed E-state index contributed by atoms with van der Waals surface area (Å²) in [4.78, 5) is 54.3. The maximum absolute atomic E-state index is 13.1. The van der Waals surface area contributed by atoms with Crippen LogP contribution >= 0.6 is 0 Å². The number of amides is 4. The molecule has 262 valence electrons. The molecule has 10 heteroatoms. The Bertz CT molecular complexity index is 881. The number of ether oxygens (including phenoxy) is 1. The molecule has 0 aliphatic carbocycles. The number of hydrogen-bond donors (Lipinski definition) is 2. The van der Waals surface area contributed by atoms with Crippen molar-refractivity contribution in [1.82, 2.24) is 25.3 Å². The van der Waals surface area contributed by atoms with Gasteiger partial charge in [-0.25, -0.2) is 0 Å². The average Bonchev–Trinajstić information content (AvgIpc) is 3.48. The Hall–Kier alpha value is -2.46. The minimum absolute atomic E-state index is 0.0636. The zero-order valence-electron chi connectivity index (χ0n) is 30.5. The second kappa shape index (κ2) is 23.8. The lowest BCUT2D eigenvalue weighted by molar-refractivity contribution is -0.135. The number of hydrogen-bond acceptors (Lipinski definition) is 6. The quantitative estimate of drug-likeness (QED) is 0.163. The fourth-order valence-electron chi connectivity index (χ4n) is 5.16. The van der Waals surface area contributed by atoms with Crippen molar-refractivity contribution in [2.24, 2.45) is 11.8 Å². The molecule has 2 aliphatic rings. The molecule has 10 nitrogen and oxygen atoms in total. The van der Waals surface area contributed by atoms with Gasteiger partial charge in [-0.1, -0.05) is 47.1 Å². The van der Waals surface area contributed by atoms with Gasteiger partial charge in [0.15, 0.2) is 0 Å². The molecule has 45 heavy (non-hydrogen) atoms. The molecule has 2 saturated heterocycles. The van der Waals surface area contributed by atoms with Gasteiger partial charge in [0.2, 0.25) is 24.1 Å². The zero-order chi connectivity index (χ0) is 34.5. The van der Waals surface area contributed by atoms with Gasteiger partial charge in [-0.05, 0) is 91.6 Å². The van der Waals surface area contributed by atoms with Crippen molar-refractivity contribution in [2.75, 3.05) is 46.4 Å². The predicted molar refractivity (Wildman–Crippen MR) is 184 cm³/mol. The molecule has 2 atom stereocenters. The first-order chi connectivity index (χ1) is 21.1. The predicted octanol–water partition coefficient (Wildman–Crippen LogP) is 4.63. The molecule has 0 spiro atoms. The molecule has 0 bridgehead atoms. The highest BCUT2D eigenvalue weighted by Gasteiger charge is 2.35. The molecule has 0 radical (unpaired) electrons. The summed E-state index contributed by atoms with van der Waals surface area (Å²) in [6.07, 6.45) is 8.83. The van der Waals surface area contributed by atoms with E-state index >= 15 is 0 Å². The summed E-state index contributed by atoms with van der Waals surface area (Å²) in [5.74, 6) is 0.324. The monoisotopic (exact) mass is 638 g/mol. The third kappa shape index (κ3) is 18.3. The zero-order valence-corrected chi connectivity index (χ0v) is 30.5. The van der Waals surface area contributed by atoms with Crippen LogP contribution in [0.25, 0.3) is 0 Å². The number of likely N-dealkylation sites (tertiary alicyclic amines) is 2. The van der Waals surface area contributed by atoms with E-state index in [2.05, 4.69) is 50.2 Å². The normalized spacial score (nSPS) is 17.8. The summed E-state index contributed by atoms with van der Waals surface area (Å²) in [7, 11) is 1.66. The summed E-state index contributed by atoms with van der Waals surface area (Å²) in [5, 5.41) is 5.29. The van der Waals surface area contributed by atoms with Gasteiger partial charge in [0.1, 0.15) is 6.04 Å². The van der Waals surface area contributed by atoms with Crippen molar-refractivity contribution in [3.63, 3.8) is 0 Å². The van der Waals surface area contributed by atoms with E-state index in [9.17, 15) is 19.2 Å². The van der Waals surface area contributed by atoms with Crippen molar-refractivity contribution >= 4 is 24.1 Å². The maximum Gasteiger partial charge on any atom is 0.249 e. The molecule has 0 aromatic heterocycles. The molecule has 0 aromatic carbocycles. The third-order valence-electron chi connectivity index (χ3n) is 7.63. The van der Waals surface area contributed by atoms with Crippen LogP contribution in [0.3, 0.4) is 0 Å². The van der Waals surface area contributed by atoms with E-state index in [1.165, 1.54) is 37.3 Å². The minimum Gasteiger partial charge on any atom is -0.379 e. The van der Waals surface area contributed by atoms with E-state index in [4.69, 9.17) is 4.74 Å². The SMILES string of the molecule is C/C(=C\[C@H](C(C)C)N(C)C(=O)CNC=O)C(=O)N1CCC[C@H]1C(=O)NCCCOC(C)C.CC(C)C.CC(C)N1CCCCC1. The summed E-state index contributed by atoms with van der Waals surface area (Å²) in [6, 6.07) is -0.0217. The van der Waals surface area contributed by atoms with Crippen molar-refractivity contribution < 1.29 is 23.9 Å². The Kier molecular flexibility index (Phi) is 22.5. The van der Waals surface area contributed by atoms with Crippen LogP contribution in [0, 0.1) is 11.8 Å². The van der Waals surface area contributed by atoms with Crippen LogP contribution in [0.4, 0.5) is 0 Å². The van der Waals surface area contributed by atoms with E-state index in [0.29, 0.717) is 38.1 Å². The second-order valence-corrected chi connectivity index (χ2v) is 13.7. The summed E-state index contributed by atoms with van der Waals surface area (Å²) in [6.45, 7) is 24.8. The molecule has 4 amide bonds. The summed E-state index contributed by atoms with van der Waals surface area (Å²) < 4.78 is 5.48. The molecule has 0 saturated carbocycles. The number of carbonyl (C=O) groups is 4. The van der Waals surface area contributed by atoms with Crippen LogP contribution in [0.2, 0.25) is 0 Å². The number of rotatable bonds is 14. The van der Waals surface area contributed by atoms with Gasteiger partial charge in [0, 0.05) is 38.4 Å². The smallest absolute Gasteiger partial charge is 0.249 e. The number of carbonyl (C=O) groups excluding carboxylic acids is 4. The van der Waals surface area contributed by atoms with Gasteiger partial charge in [0.05, 0.1) is 18.7 Å². The Morgan fingerprint density at radius 3 is 2.02 bits per heavy atom. The van der Waals surface area contributed by atoms with Gasteiger partial charge in [-0.3, -0.25) is 19.2 Å². The number of piperidine rings is 1. The highest BCUT2D eigenvalue weighted by Crippen LogP contribution is 2.21. The fraction of sp³-hybridized carbons (Fsp3) is 0.829. The first kappa shape index (κ1) is 42.5. The third-order valence-corrected chi connectivity index (χ3v) is 7.63. The average molecular weight is 638 g/mol. The largest absolute Gasteiger partial charge is 0.379 e. The van der Waals surface area contributed by atoms with E-state index < -0.39 is 6.04 Å². The molecule has 2 rings (SSSR count). The highest BCUT2D eigenvalue weighted by atomic mass is 16.5. The lowest BCUT2D eigenvalue weighted by Crippen LogP contribution is -2.47. The highest BCUT2D eigenvalue weighted by molar-refractivity contribution is 5.97. The lowest BCUT2D eigenvalue weighted by atomic mass is 9.99. The van der Waals surface area contributed by atoms with Crippen LogP contribution in [-0.4, -0.2) is 109 Å². The first-order valence-electron chi connectivity index (χ1n) is 17.2. The van der Waals surface area contributed by atoms with E-state index in [0.717, 1.165) is 24.8 Å². The van der Waals surface area contributed by atoms with Crippen molar-refractivity contribution in [3.05, 3.63) is 11.6 Å². The van der Waals surface area contributed by atoms with Crippen LogP contribution in [0.5, 0.6) is 0 Å². The Balaban J connectivity index is 0.00000123. The molecular formula is C35H67N5O5. The minimum atomic E-state index is -0.481. The first-order valence-corrected chi connectivity index (χ1v) is 17.2. The van der Waals surface area contributed by atoms with Gasteiger partial charge >= 0.3 is 0 Å². The van der Waals surface area contributed by atoms with E-state index in [-0.39, 0.29) is 42.3 Å². The van der Waals surface area contributed by atoms with Gasteiger partial charge in [0.25, 0.3) is 0 Å². The molecule has 0 unspecified atom stereocenters. The Labute approximate surface area is 275 Å². The molecule has 2 heterocycles. The maximum atomic E-state index is 13.1. The van der Waals surface area contributed by atoms with Crippen LogP contribution in [0.1, 0.15) is 108 Å². The van der Waals surface area contributed by atoms with E-state index in [1.807, 2.05) is 27.7 Å². The van der Waals surface area contributed by atoms with E-state index in [1.54, 1.807) is 24.9 Å². The summed E-state index contributed by atoms with van der Waals surface area (Å²) >= 11 is 0. The van der Waals surface area contributed by atoms with Crippen molar-refractivity contribution in [1.29, 1.82) is 0 Å². The van der Waals surface area contributed by atoms with Crippen molar-refractivity contribution in [3.8, 4) is 0 Å². The molecule has 2 aliphatic heterocycles. The van der Waals surface area contributed by atoms with Crippen LogP contribution in [-0.2, 0) is 23.9 Å². The van der Waals surface area contributed by atoms with Crippen LogP contribution in [0.15, 0.2) is 11.6 Å². The number of likely N-dealkylation sites (N-methyl/N-ethyl adjacent to an activating group) is 1. The second-order valence-electron chi connectivity index (χ2n) is 13.7.